The maximum atomic E-state index is 14.3. The summed E-state index contributed by atoms with van der Waals surface area (Å²) in [5.74, 6) is -5.52. The maximum Gasteiger partial charge on any atom is 0.326 e. The largest absolute Gasteiger partial charge is 0.480 e. The summed E-state index contributed by atoms with van der Waals surface area (Å²) in [6.45, 7) is 28.5. The van der Waals surface area contributed by atoms with Gasteiger partial charge in [-0.25, -0.2) is 4.79 Å². The Kier molecular flexibility index (Phi) is 43.8. The molecule has 112 heavy (non-hydrogen) atoms. The van der Waals surface area contributed by atoms with Crippen LogP contribution in [0.3, 0.4) is 0 Å². The quantitative estimate of drug-likeness (QED) is 0.0377. The number of benzene rings is 2. The van der Waals surface area contributed by atoms with Crippen LogP contribution >= 0.6 is 0 Å². The molecule has 2 aromatic rings. The van der Waals surface area contributed by atoms with Crippen LogP contribution in [0, 0.1) is 47.3 Å². The first-order chi connectivity index (χ1) is 52.8. The standard InChI is InChI=1S/C44H76N6O9.C40H67N5O8/c1-13-30(6)39(49(10)44(56)37(28(2)3)47-43(55)38(29(4)5)48(8)9)35(57-11)27-36(52)50-22-17-20-34(50)40(58-12)31(7)41(53)46-33(26-32-18-15-14-16-19-32)42(54)45-21-24-59-25-23-51;1-13-26(6)35(44(10)39(49)33(24(2)3)42-38(48)34(25(4)5)43(8)9)31(52-11)23-32(46)45-21-17-20-30(45)36(53-12)27(7)37(47)41-29(40(50)51)22-28-18-15-14-16-19-28/h14-16,18-19,28-31,33-35,37-40,51H,13,17,20-27H2,1-12H3,(H,45,54)(H,46,53)(H,47,55);14-16,18-19,24-27,29-31,33-36H,13,17,20-23H2,1-12H3,(H,41,47)(H,42,48)(H,50,51)/t30-,31+,33-,34-,35+,37-,38-,39?,40+;26-,27+,29-,30-,31+,33-,34-,35?,36+/m00/s1. The maximum absolute atomic E-state index is 14.3. The van der Waals surface area contributed by atoms with Crippen molar-refractivity contribution < 1.29 is 81.8 Å². The molecule has 18 atom stereocenters. The normalized spacial score (nSPS) is 18.8. The molecule has 7 N–H and O–H groups in total. The number of carboxylic acid groups (broad SMARTS) is 1. The molecule has 636 valence electrons. The molecule has 0 radical (unpaired) electrons. The number of amides is 9. The van der Waals surface area contributed by atoms with E-state index >= 15 is 0 Å². The van der Waals surface area contributed by atoms with E-state index in [0.29, 0.717) is 38.8 Å². The molecule has 2 heterocycles. The lowest BCUT2D eigenvalue weighted by Crippen LogP contribution is -2.59. The Hall–Kier alpha value is -7.18. The SMILES string of the molecule is CC[C@H](C)C([C@@H](CC(=O)N1CCC[C@H]1[C@H](OC)[C@@H](C)C(=O)N[C@@H](Cc1ccccc1)C(=O)NCCOCCO)OC)N(C)C(=O)[C@@H](NC(=O)[C@H](C(C)C)N(C)C)C(C)C.CC[C@H](C)C([C@@H](CC(=O)N1CCC[C@H]1[C@H](OC)[C@@H](C)C(=O)N[C@@H](Cc1ccccc1)C(=O)O)OC)N(C)C(=O)[C@@H](NC(=O)[C@H](C(C)C)N(C)C)C(C)C. The first-order valence-electron chi connectivity index (χ1n) is 40.4. The number of likely N-dealkylation sites (N-methyl/N-ethyl adjacent to an activating group) is 4. The number of carboxylic acids is 1. The second kappa shape index (κ2) is 49.6. The van der Waals surface area contributed by atoms with E-state index in [1.165, 1.54) is 21.3 Å². The van der Waals surface area contributed by atoms with E-state index in [2.05, 4.69) is 26.6 Å². The van der Waals surface area contributed by atoms with Crippen molar-refractivity contribution in [3.63, 3.8) is 0 Å². The van der Waals surface area contributed by atoms with Gasteiger partial charge in [0.1, 0.15) is 24.2 Å². The Morgan fingerprint density at radius 2 is 0.848 bits per heavy atom. The fourth-order valence-corrected chi connectivity index (χ4v) is 16.1. The van der Waals surface area contributed by atoms with Crippen molar-refractivity contribution in [3.8, 4) is 0 Å². The zero-order valence-corrected chi connectivity index (χ0v) is 72.0. The number of carbonyl (C=O) groups excluding carboxylic acids is 9. The van der Waals surface area contributed by atoms with E-state index in [1.807, 2.05) is 182 Å². The molecule has 4 rings (SSSR count). The molecule has 0 bridgehead atoms. The number of carbonyl (C=O) groups is 10. The Labute approximate surface area is 669 Å². The van der Waals surface area contributed by atoms with Crippen LogP contribution < -0.4 is 26.6 Å². The average Bonchev–Trinajstić information content (AvgIpc) is 1.51. The minimum Gasteiger partial charge on any atom is -0.480 e. The number of hydrogen-bond acceptors (Lipinski definition) is 18. The summed E-state index contributed by atoms with van der Waals surface area (Å²) in [6.07, 6.45) is 1.80. The third kappa shape index (κ3) is 29.0. The monoisotopic (exact) mass is 1580 g/mol. The highest BCUT2D eigenvalue weighted by Gasteiger charge is 2.47. The highest BCUT2D eigenvalue weighted by Crippen LogP contribution is 2.33. The molecule has 0 aromatic heterocycles. The van der Waals surface area contributed by atoms with Crippen LogP contribution in [-0.4, -0.2) is 294 Å². The first-order valence-corrected chi connectivity index (χ1v) is 40.4. The van der Waals surface area contributed by atoms with Gasteiger partial charge in [-0.3, -0.25) is 53.0 Å². The van der Waals surface area contributed by atoms with Gasteiger partial charge in [0.25, 0.3) is 0 Å². The van der Waals surface area contributed by atoms with Crippen molar-refractivity contribution in [3.05, 3.63) is 71.8 Å². The van der Waals surface area contributed by atoms with Crippen LogP contribution in [0.1, 0.15) is 159 Å². The van der Waals surface area contributed by atoms with Crippen molar-refractivity contribution in [2.24, 2.45) is 47.3 Å². The van der Waals surface area contributed by atoms with Gasteiger partial charge < -0.3 is 80.1 Å². The van der Waals surface area contributed by atoms with Gasteiger partial charge in [-0.05, 0) is 101 Å². The van der Waals surface area contributed by atoms with E-state index in [9.17, 15) is 53.1 Å². The summed E-state index contributed by atoms with van der Waals surface area (Å²) in [4.78, 5) is 147. The number of rotatable bonds is 47. The number of ether oxygens (including phenoxy) is 5. The van der Waals surface area contributed by atoms with E-state index in [-0.39, 0.29) is 135 Å². The van der Waals surface area contributed by atoms with Crippen molar-refractivity contribution in [2.75, 3.05) is 110 Å². The summed E-state index contributed by atoms with van der Waals surface area (Å²) in [5, 5.41) is 33.3. The number of nitrogens with one attached hydrogen (secondary N) is 5. The molecule has 2 aliphatic heterocycles. The summed E-state index contributed by atoms with van der Waals surface area (Å²) in [5.41, 5.74) is 1.66. The van der Waals surface area contributed by atoms with Crippen molar-refractivity contribution in [1.82, 2.24) is 56.0 Å². The molecule has 2 aromatic carbocycles. The van der Waals surface area contributed by atoms with Gasteiger partial charge in [-0.15, -0.1) is 0 Å². The lowest BCUT2D eigenvalue weighted by Gasteiger charge is -2.41. The fraction of sp³-hybridized carbons (Fsp3) is 0.738. The third-order valence-electron chi connectivity index (χ3n) is 22.5. The Balaban J connectivity index is 0.000000583. The molecule has 0 saturated carbocycles. The number of nitrogens with zero attached hydrogens (tertiary/aromatic N) is 6. The van der Waals surface area contributed by atoms with Gasteiger partial charge in [0.2, 0.25) is 53.2 Å². The molecule has 2 unspecified atom stereocenters. The second-order valence-electron chi connectivity index (χ2n) is 32.4. The lowest BCUT2D eigenvalue weighted by molar-refractivity contribution is -0.148. The van der Waals surface area contributed by atoms with Crippen LogP contribution in [0.2, 0.25) is 0 Å². The minimum absolute atomic E-state index is 0.00721. The van der Waals surface area contributed by atoms with Crippen LogP contribution in [0.25, 0.3) is 0 Å². The predicted octanol–water partition coefficient (Wildman–Crippen LogP) is 5.93. The van der Waals surface area contributed by atoms with E-state index < -0.39 is 109 Å². The smallest absolute Gasteiger partial charge is 0.326 e. The Morgan fingerprint density at radius 3 is 1.16 bits per heavy atom. The molecule has 28 nitrogen and oxygen atoms in total. The van der Waals surface area contributed by atoms with Crippen molar-refractivity contribution in [2.45, 2.75) is 246 Å². The summed E-state index contributed by atoms with van der Waals surface area (Å²) in [6, 6.07) is 12.3. The van der Waals surface area contributed by atoms with Gasteiger partial charge in [-0.1, -0.05) is 170 Å². The number of methoxy groups -OCH3 is 4. The van der Waals surface area contributed by atoms with Gasteiger partial charge in [0.15, 0.2) is 0 Å². The highest BCUT2D eigenvalue weighted by molar-refractivity contribution is 5.92. The van der Waals surface area contributed by atoms with Gasteiger partial charge in [0, 0.05) is 75.0 Å². The fourth-order valence-electron chi connectivity index (χ4n) is 16.1. The van der Waals surface area contributed by atoms with Gasteiger partial charge >= 0.3 is 5.97 Å². The summed E-state index contributed by atoms with van der Waals surface area (Å²) >= 11 is 0. The minimum atomic E-state index is -1.14. The molecule has 0 aliphatic carbocycles. The zero-order valence-electron chi connectivity index (χ0n) is 72.0. The van der Waals surface area contributed by atoms with E-state index in [0.717, 1.165) is 24.0 Å². The Bertz CT molecular complexity index is 3190. The zero-order chi connectivity index (χ0) is 84.5. The van der Waals surface area contributed by atoms with E-state index in [4.69, 9.17) is 28.8 Å². The number of aliphatic carboxylic acids is 1. The molecule has 2 saturated heterocycles. The van der Waals surface area contributed by atoms with Crippen molar-refractivity contribution >= 4 is 59.1 Å². The average molecular weight is 1580 g/mol. The van der Waals surface area contributed by atoms with Gasteiger partial charge in [-0.2, -0.15) is 0 Å². The number of aliphatic hydroxyl groups excluding tert-OH is 1. The number of likely N-dealkylation sites (tertiary alicyclic amines) is 2. The molecular weight excluding hydrogens is 1430 g/mol. The summed E-state index contributed by atoms with van der Waals surface area (Å²) < 4.78 is 29.2. The first kappa shape index (κ1) is 99.0. The second-order valence-corrected chi connectivity index (χ2v) is 32.4. The highest BCUT2D eigenvalue weighted by atomic mass is 16.5. The molecule has 2 fully saturated rings. The van der Waals surface area contributed by atoms with Crippen LogP contribution in [0.4, 0.5) is 0 Å². The Morgan fingerprint density at radius 1 is 0.482 bits per heavy atom. The topological polar surface area (TPSA) is 337 Å². The molecular formula is C84H143N11O17. The number of aliphatic hydroxyl groups is 1. The lowest BCUT2D eigenvalue weighted by atomic mass is 9.89. The molecule has 28 heteroatoms. The van der Waals surface area contributed by atoms with E-state index in [1.54, 1.807) is 54.7 Å². The molecule has 9 amide bonds. The third-order valence-corrected chi connectivity index (χ3v) is 22.5. The van der Waals surface area contributed by atoms with Crippen LogP contribution in [0.15, 0.2) is 60.7 Å². The molecule has 0 spiro atoms. The number of hydrogen-bond donors (Lipinski definition) is 7. The van der Waals surface area contributed by atoms with Crippen LogP contribution in [-0.2, 0) is 84.5 Å². The summed E-state index contributed by atoms with van der Waals surface area (Å²) in [7, 11) is 16.9. The molecule has 2 aliphatic rings. The van der Waals surface area contributed by atoms with Gasteiger partial charge in [0.05, 0.1) is 105 Å². The predicted molar refractivity (Wildman–Crippen MR) is 433 cm³/mol. The van der Waals surface area contributed by atoms with Crippen molar-refractivity contribution in [1.29, 1.82) is 0 Å². The van der Waals surface area contributed by atoms with Crippen LogP contribution in [0.5, 0.6) is 0 Å².